The molecule has 1 aliphatic heterocycles. The second-order valence-electron chi connectivity index (χ2n) is 3.46. The number of hydrogen-bond acceptors (Lipinski definition) is 3. The van der Waals surface area contributed by atoms with Gasteiger partial charge < -0.3 is 14.2 Å². The minimum atomic E-state index is -0.364. The van der Waals surface area contributed by atoms with E-state index in [1.165, 1.54) is 6.42 Å². The highest BCUT2D eigenvalue weighted by molar-refractivity contribution is 4.74. The zero-order valence-electron chi connectivity index (χ0n) is 8.84. The lowest BCUT2D eigenvalue weighted by Crippen LogP contribution is -2.30. The lowest BCUT2D eigenvalue weighted by Gasteiger charge is -2.26. The predicted molar refractivity (Wildman–Crippen MR) is 50.4 cm³/mol. The summed E-state index contributed by atoms with van der Waals surface area (Å²) in [4.78, 5) is 0. The molecule has 0 aromatic rings. The molecule has 0 radical (unpaired) electrons. The van der Waals surface area contributed by atoms with E-state index < -0.39 is 0 Å². The Morgan fingerprint density at radius 3 is 2.69 bits per heavy atom. The van der Waals surface area contributed by atoms with Crippen molar-refractivity contribution in [2.24, 2.45) is 0 Å². The molecule has 1 saturated heterocycles. The zero-order valence-corrected chi connectivity index (χ0v) is 8.84. The van der Waals surface area contributed by atoms with E-state index in [0.29, 0.717) is 6.61 Å². The Balaban J connectivity index is 2.42. The standard InChI is InChI=1S/C10H20O3/c1-4-6-7-10(5-2)12-8-9(11-3)13-10/h9H,4-8H2,1-3H3. The monoisotopic (exact) mass is 188 g/mol. The van der Waals surface area contributed by atoms with Crippen LogP contribution in [0.1, 0.15) is 39.5 Å². The van der Waals surface area contributed by atoms with Crippen molar-refractivity contribution in [1.82, 2.24) is 0 Å². The van der Waals surface area contributed by atoms with Gasteiger partial charge in [0.15, 0.2) is 12.1 Å². The molecule has 0 N–H and O–H groups in total. The summed E-state index contributed by atoms with van der Waals surface area (Å²) in [6.07, 6.45) is 4.01. The highest BCUT2D eigenvalue weighted by atomic mass is 16.8. The summed E-state index contributed by atoms with van der Waals surface area (Å²) < 4.78 is 16.5. The predicted octanol–water partition coefficient (Wildman–Crippen LogP) is 2.30. The molecule has 0 aromatic carbocycles. The fourth-order valence-corrected chi connectivity index (χ4v) is 1.58. The summed E-state index contributed by atoms with van der Waals surface area (Å²) in [6.45, 7) is 4.83. The molecule has 3 nitrogen and oxygen atoms in total. The smallest absolute Gasteiger partial charge is 0.183 e. The molecule has 3 heteroatoms. The van der Waals surface area contributed by atoms with Gasteiger partial charge in [-0.2, -0.15) is 0 Å². The average Bonchev–Trinajstić information content (AvgIpc) is 2.59. The minimum absolute atomic E-state index is 0.170. The molecule has 78 valence electrons. The molecule has 2 atom stereocenters. The lowest BCUT2D eigenvalue weighted by atomic mass is 10.1. The van der Waals surface area contributed by atoms with Crippen molar-refractivity contribution in [2.75, 3.05) is 13.7 Å². The van der Waals surface area contributed by atoms with E-state index in [-0.39, 0.29) is 12.1 Å². The average molecular weight is 188 g/mol. The lowest BCUT2D eigenvalue weighted by molar-refractivity contribution is -0.210. The summed E-state index contributed by atoms with van der Waals surface area (Å²) in [5.74, 6) is -0.364. The normalized spacial score (nSPS) is 33.9. The summed E-state index contributed by atoms with van der Waals surface area (Å²) in [6, 6.07) is 0. The van der Waals surface area contributed by atoms with Crippen LogP contribution in [0, 0.1) is 0 Å². The first-order valence-corrected chi connectivity index (χ1v) is 5.11. The van der Waals surface area contributed by atoms with Crippen LogP contribution in [0.2, 0.25) is 0 Å². The van der Waals surface area contributed by atoms with Crippen molar-refractivity contribution in [1.29, 1.82) is 0 Å². The van der Waals surface area contributed by atoms with Crippen molar-refractivity contribution in [3.8, 4) is 0 Å². The van der Waals surface area contributed by atoms with Gasteiger partial charge in [0.25, 0.3) is 0 Å². The summed E-state index contributed by atoms with van der Waals surface area (Å²) in [7, 11) is 1.65. The first-order valence-electron chi connectivity index (χ1n) is 5.11. The summed E-state index contributed by atoms with van der Waals surface area (Å²) in [5, 5.41) is 0. The molecule has 0 aliphatic carbocycles. The van der Waals surface area contributed by atoms with Gasteiger partial charge in [-0.1, -0.05) is 20.3 Å². The molecular weight excluding hydrogens is 168 g/mol. The Kier molecular flexibility index (Phi) is 4.16. The van der Waals surface area contributed by atoms with Gasteiger partial charge in [-0.3, -0.25) is 0 Å². The van der Waals surface area contributed by atoms with E-state index in [4.69, 9.17) is 14.2 Å². The molecule has 1 aliphatic rings. The Morgan fingerprint density at radius 1 is 1.46 bits per heavy atom. The van der Waals surface area contributed by atoms with Crippen LogP contribution in [0.4, 0.5) is 0 Å². The van der Waals surface area contributed by atoms with Crippen molar-refractivity contribution < 1.29 is 14.2 Å². The van der Waals surface area contributed by atoms with Gasteiger partial charge in [0.2, 0.25) is 0 Å². The van der Waals surface area contributed by atoms with Crippen LogP contribution < -0.4 is 0 Å². The number of ether oxygens (including phenoxy) is 3. The first kappa shape index (κ1) is 11.0. The Hall–Kier alpha value is -0.120. The third-order valence-corrected chi connectivity index (χ3v) is 2.54. The van der Waals surface area contributed by atoms with Gasteiger partial charge >= 0.3 is 0 Å². The van der Waals surface area contributed by atoms with Gasteiger partial charge in [-0.15, -0.1) is 0 Å². The van der Waals surface area contributed by atoms with Crippen LogP contribution >= 0.6 is 0 Å². The van der Waals surface area contributed by atoms with Crippen LogP contribution in [0.15, 0.2) is 0 Å². The fourth-order valence-electron chi connectivity index (χ4n) is 1.58. The van der Waals surface area contributed by atoms with Crippen LogP contribution in [0.25, 0.3) is 0 Å². The quantitative estimate of drug-likeness (QED) is 0.662. The van der Waals surface area contributed by atoms with Crippen LogP contribution in [0.3, 0.4) is 0 Å². The van der Waals surface area contributed by atoms with Crippen LogP contribution in [0.5, 0.6) is 0 Å². The number of methoxy groups -OCH3 is 1. The number of rotatable bonds is 5. The van der Waals surface area contributed by atoms with Gasteiger partial charge in [-0.25, -0.2) is 0 Å². The van der Waals surface area contributed by atoms with E-state index in [2.05, 4.69) is 13.8 Å². The molecule has 0 spiro atoms. The van der Waals surface area contributed by atoms with E-state index in [1.807, 2.05) is 0 Å². The molecule has 0 bridgehead atoms. The van der Waals surface area contributed by atoms with Crippen molar-refractivity contribution in [3.63, 3.8) is 0 Å². The molecule has 0 saturated carbocycles. The van der Waals surface area contributed by atoms with Crippen molar-refractivity contribution in [2.45, 2.75) is 51.6 Å². The summed E-state index contributed by atoms with van der Waals surface area (Å²) in [5.41, 5.74) is 0. The number of unbranched alkanes of at least 4 members (excludes halogenated alkanes) is 1. The molecule has 1 heterocycles. The number of hydrogen-bond donors (Lipinski definition) is 0. The Morgan fingerprint density at radius 2 is 2.23 bits per heavy atom. The van der Waals surface area contributed by atoms with E-state index >= 15 is 0 Å². The van der Waals surface area contributed by atoms with Crippen molar-refractivity contribution >= 4 is 0 Å². The molecule has 13 heavy (non-hydrogen) atoms. The molecule has 1 rings (SSSR count). The van der Waals surface area contributed by atoms with Crippen molar-refractivity contribution in [3.05, 3.63) is 0 Å². The molecule has 0 aromatic heterocycles. The van der Waals surface area contributed by atoms with Gasteiger partial charge in [0, 0.05) is 13.5 Å². The summed E-state index contributed by atoms with van der Waals surface area (Å²) >= 11 is 0. The maximum Gasteiger partial charge on any atom is 0.183 e. The van der Waals surface area contributed by atoms with Crippen LogP contribution in [-0.4, -0.2) is 25.8 Å². The Bertz CT molecular complexity index is 149. The molecule has 1 fully saturated rings. The van der Waals surface area contributed by atoms with Gasteiger partial charge in [0.1, 0.15) is 6.61 Å². The highest BCUT2D eigenvalue weighted by Crippen LogP contribution is 2.32. The molecule has 2 unspecified atom stereocenters. The van der Waals surface area contributed by atoms with Crippen LogP contribution in [-0.2, 0) is 14.2 Å². The highest BCUT2D eigenvalue weighted by Gasteiger charge is 2.39. The topological polar surface area (TPSA) is 27.7 Å². The van der Waals surface area contributed by atoms with E-state index in [9.17, 15) is 0 Å². The zero-order chi connectivity index (χ0) is 9.73. The maximum absolute atomic E-state index is 5.70. The first-order chi connectivity index (χ1) is 6.26. The third kappa shape index (κ3) is 2.66. The SMILES string of the molecule is CCCCC1(CC)OCC(OC)O1. The molecule has 0 amide bonds. The molecular formula is C10H20O3. The maximum atomic E-state index is 5.70. The fraction of sp³-hybridized carbons (Fsp3) is 1.00. The largest absolute Gasteiger partial charge is 0.353 e. The second kappa shape index (κ2) is 4.94. The van der Waals surface area contributed by atoms with Gasteiger partial charge in [0.05, 0.1) is 0 Å². The minimum Gasteiger partial charge on any atom is -0.353 e. The van der Waals surface area contributed by atoms with Gasteiger partial charge in [-0.05, 0) is 12.8 Å². The third-order valence-electron chi connectivity index (χ3n) is 2.54. The second-order valence-corrected chi connectivity index (χ2v) is 3.46. The van der Waals surface area contributed by atoms with E-state index in [1.54, 1.807) is 7.11 Å². The Labute approximate surface area is 80.4 Å². The van der Waals surface area contributed by atoms with E-state index in [0.717, 1.165) is 19.3 Å².